The highest BCUT2D eigenvalue weighted by Gasteiger charge is 2.10. The van der Waals surface area contributed by atoms with Crippen molar-refractivity contribution in [1.29, 1.82) is 0 Å². The molecule has 0 saturated heterocycles. The number of carbonyl (C=O) groups is 1. The molecule has 0 aliphatic carbocycles. The summed E-state index contributed by atoms with van der Waals surface area (Å²) in [5, 5.41) is 13.6. The van der Waals surface area contributed by atoms with E-state index >= 15 is 0 Å². The minimum atomic E-state index is -0.488. The Morgan fingerprint density at radius 3 is 2.59 bits per heavy atom. The Balaban J connectivity index is 2.14. The van der Waals surface area contributed by atoms with Gasteiger partial charge in [-0.25, -0.2) is 0 Å². The number of carbonyl (C=O) groups excluding carboxylic acids is 1. The predicted octanol–water partition coefficient (Wildman–Crippen LogP) is 3.26. The minimum absolute atomic E-state index is 0.0520. The number of amides is 1. The number of ether oxygens (including phenoxy) is 1. The van der Waals surface area contributed by atoms with E-state index in [2.05, 4.69) is 5.32 Å². The highest BCUT2D eigenvalue weighted by atomic mass is 16.6. The first kappa shape index (κ1) is 15.2. The molecular formula is C16H14N2O4. The summed E-state index contributed by atoms with van der Waals surface area (Å²) in [6.07, 6.45) is 2.65. The molecule has 6 heteroatoms. The zero-order valence-corrected chi connectivity index (χ0v) is 11.9. The highest BCUT2D eigenvalue weighted by Crippen LogP contribution is 2.23. The molecule has 6 nitrogen and oxygen atoms in total. The lowest BCUT2D eigenvalue weighted by Gasteiger charge is -2.07. The molecule has 0 saturated carbocycles. The van der Waals surface area contributed by atoms with Crippen LogP contribution in [0.3, 0.4) is 0 Å². The van der Waals surface area contributed by atoms with Gasteiger partial charge in [0.25, 0.3) is 5.69 Å². The molecule has 1 N–H and O–H groups in total. The molecular weight excluding hydrogens is 284 g/mol. The Morgan fingerprint density at radius 2 is 1.86 bits per heavy atom. The topological polar surface area (TPSA) is 81.5 Å². The molecule has 22 heavy (non-hydrogen) atoms. The van der Waals surface area contributed by atoms with Crippen LogP contribution >= 0.6 is 0 Å². The monoisotopic (exact) mass is 298 g/mol. The summed E-state index contributed by atoms with van der Waals surface area (Å²) < 4.78 is 5.13. The second-order valence-electron chi connectivity index (χ2n) is 4.34. The van der Waals surface area contributed by atoms with Crippen molar-refractivity contribution in [2.45, 2.75) is 0 Å². The zero-order valence-electron chi connectivity index (χ0n) is 11.9. The number of nitro benzene ring substituents is 1. The van der Waals surface area contributed by atoms with E-state index in [-0.39, 0.29) is 5.69 Å². The standard InChI is InChI=1S/C16H14N2O4/c1-22-15-9-5-3-7-13(15)17-16(19)11-10-12-6-2-4-8-14(12)18(20)21/h2-11H,1H3,(H,17,19)/b11-10+. The summed E-state index contributed by atoms with van der Waals surface area (Å²) in [5.41, 5.74) is 0.841. The SMILES string of the molecule is COc1ccccc1NC(=O)/C=C/c1ccccc1[N+](=O)[O-]. The molecule has 0 fully saturated rings. The first-order valence-corrected chi connectivity index (χ1v) is 6.47. The van der Waals surface area contributed by atoms with E-state index in [1.165, 1.54) is 25.3 Å². The van der Waals surface area contributed by atoms with Crippen LogP contribution in [0.4, 0.5) is 11.4 Å². The van der Waals surface area contributed by atoms with E-state index in [1.807, 2.05) is 0 Å². The number of methoxy groups -OCH3 is 1. The third-order valence-corrected chi connectivity index (χ3v) is 2.91. The van der Waals surface area contributed by atoms with Gasteiger partial charge < -0.3 is 10.1 Å². The Hall–Kier alpha value is -3.15. The zero-order chi connectivity index (χ0) is 15.9. The maximum Gasteiger partial charge on any atom is 0.276 e. The lowest BCUT2D eigenvalue weighted by atomic mass is 10.1. The number of hydrogen-bond donors (Lipinski definition) is 1. The van der Waals surface area contributed by atoms with Crippen molar-refractivity contribution in [3.63, 3.8) is 0 Å². The first-order chi connectivity index (χ1) is 10.6. The molecule has 2 aromatic rings. The number of nitro groups is 1. The summed E-state index contributed by atoms with van der Waals surface area (Å²) in [6, 6.07) is 13.2. The van der Waals surface area contributed by atoms with E-state index in [0.717, 1.165) is 0 Å². The molecule has 0 spiro atoms. The van der Waals surface area contributed by atoms with Gasteiger partial charge in [-0.1, -0.05) is 24.3 Å². The van der Waals surface area contributed by atoms with Crippen LogP contribution in [0.25, 0.3) is 6.08 Å². The first-order valence-electron chi connectivity index (χ1n) is 6.47. The van der Waals surface area contributed by atoms with Crippen LogP contribution in [-0.4, -0.2) is 17.9 Å². The largest absolute Gasteiger partial charge is 0.495 e. The summed E-state index contributed by atoms with van der Waals surface area (Å²) in [7, 11) is 1.51. The number of anilines is 1. The van der Waals surface area contributed by atoms with E-state index in [4.69, 9.17) is 4.74 Å². The molecule has 0 bridgehead atoms. The lowest BCUT2D eigenvalue weighted by Crippen LogP contribution is -2.08. The minimum Gasteiger partial charge on any atom is -0.495 e. The lowest BCUT2D eigenvalue weighted by molar-refractivity contribution is -0.385. The fourth-order valence-corrected chi connectivity index (χ4v) is 1.88. The van der Waals surface area contributed by atoms with Crippen LogP contribution in [0.2, 0.25) is 0 Å². The van der Waals surface area contributed by atoms with Crippen molar-refractivity contribution >= 4 is 23.4 Å². The van der Waals surface area contributed by atoms with Crippen LogP contribution in [0.1, 0.15) is 5.56 Å². The second kappa shape index (κ2) is 7.03. The number of benzene rings is 2. The van der Waals surface area contributed by atoms with E-state index in [0.29, 0.717) is 17.0 Å². The summed E-state index contributed by atoms with van der Waals surface area (Å²) in [4.78, 5) is 22.3. The average Bonchev–Trinajstić information content (AvgIpc) is 2.53. The molecule has 0 aromatic heterocycles. The highest BCUT2D eigenvalue weighted by molar-refractivity contribution is 6.03. The fraction of sp³-hybridized carbons (Fsp3) is 0.0625. The summed E-state index contributed by atoms with van der Waals surface area (Å²) in [5.74, 6) is 0.137. The third kappa shape index (κ3) is 3.69. The summed E-state index contributed by atoms with van der Waals surface area (Å²) in [6.45, 7) is 0. The molecule has 0 unspecified atom stereocenters. The van der Waals surface area contributed by atoms with Crippen LogP contribution in [0.5, 0.6) is 5.75 Å². The normalized spacial score (nSPS) is 10.4. The average molecular weight is 298 g/mol. The Kier molecular flexibility index (Phi) is 4.87. The molecule has 112 valence electrons. The van der Waals surface area contributed by atoms with Crippen molar-refractivity contribution in [2.75, 3.05) is 12.4 Å². The molecule has 0 atom stereocenters. The molecule has 0 aliphatic rings. The van der Waals surface area contributed by atoms with E-state index < -0.39 is 10.8 Å². The second-order valence-corrected chi connectivity index (χ2v) is 4.34. The van der Waals surface area contributed by atoms with Crippen LogP contribution in [0.15, 0.2) is 54.6 Å². The van der Waals surface area contributed by atoms with E-state index in [1.54, 1.807) is 42.5 Å². The Morgan fingerprint density at radius 1 is 1.18 bits per heavy atom. The molecule has 0 radical (unpaired) electrons. The number of nitrogens with zero attached hydrogens (tertiary/aromatic N) is 1. The number of nitrogens with one attached hydrogen (secondary N) is 1. The van der Waals surface area contributed by atoms with Crippen molar-refractivity contribution < 1.29 is 14.5 Å². The predicted molar refractivity (Wildman–Crippen MR) is 83.8 cm³/mol. The number of hydrogen-bond acceptors (Lipinski definition) is 4. The van der Waals surface area contributed by atoms with Gasteiger partial charge in [-0.15, -0.1) is 0 Å². The van der Waals surface area contributed by atoms with Crippen molar-refractivity contribution in [3.05, 3.63) is 70.3 Å². The summed E-state index contributed by atoms with van der Waals surface area (Å²) >= 11 is 0. The molecule has 0 heterocycles. The Bertz CT molecular complexity index is 726. The van der Waals surface area contributed by atoms with Crippen molar-refractivity contribution in [2.24, 2.45) is 0 Å². The van der Waals surface area contributed by atoms with Gasteiger partial charge >= 0.3 is 0 Å². The van der Waals surface area contributed by atoms with E-state index in [9.17, 15) is 14.9 Å². The number of para-hydroxylation sites is 3. The van der Waals surface area contributed by atoms with Gasteiger partial charge in [0.2, 0.25) is 5.91 Å². The molecule has 1 amide bonds. The van der Waals surface area contributed by atoms with Gasteiger partial charge in [0, 0.05) is 12.1 Å². The maximum absolute atomic E-state index is 11.9. The van der Waals surface area contributed by atoms with Gasteiger partial charge in [0.1, 0.15) is 5.75 Å². The van der Waals surface area contributed by atoms with Crippen molar-refractivity contribution in [3.8, 4) is 5.75 Å². The van der Waals surface area contributed by atoms with Gasteiger partial charge in [0.05, 0.1) is 23.3 Å². The van der Waals surface area contributed by atoms with Crippen LogP contribution < -0.4 is 10.1 Å². The molecule has 0 aliphatic heterocycles. The van der Waals surface area contributed by atoms with Gasteiger partial charge in [-0.05, 0) is 24.3 Å². The molecule has 2 aromatic carbocycles. The quantitative estimate of drug-likeness (QED) is 0.522. The fourth-order valence-electron chi connectivity index (χ4n) is 1.88. The van der Waals surface area contributed by atoms with Gasteiger partial charge in [-0.2, -0.15) is 0 Å². The number of rotatable bonds is 5. The van der Waals surface area contributed by atoms with Gasteiger partial charge in [-0.3, -0.25) is 14.9 Å². The third-order valence-electron chi connectivity index (χ3n) is 2.91. The maximum atomic E-state index is 11.9. The smallest absolute Gasteiger partial charge is 0.276 e. The van der Waals surface area contributed by atoms with Crippen molar-refractivity contribution in [1.82, 2.24) is 0 Å². The van der Waals surface area contributed by atoms with Gasteiger partial charge in [0.15, 0.2) is 0 Å². The van der Waals surface area contributed by atoms with Crippen LogP contribution in [0, 0.1) is 10.1 Å². The van der Waals surface area contributed by atoms with Crippen LogP contribution in [-0.2, 0) is 4.79 Å². The molecule has 2 rings (SSSR count). The Labute approximate surface area is 127 Å².